The molecule has 0 atom stereocenters. The summed E-state index contributed by atoms with van der Waals surface area (Å²) in [5, 5.41) is 2.58. The van der Waals surface area contributed by atoms with E-state index in [1.54, 1.807) is 0 Å². The summed E-state index contributed by atoms with van der Waals surface area (Å²) >= 11 is 0. The van der Waals surface area contributed by atoms with Gasteiger partial charge in [0.2, 0.25) is 0 Å². The SMILES string of the molecule is CC1(C)c2ccccc2-c2ccc(-n3c4ccccc4c4cc(-c5ccc6c(c5)-c5ccccc5C6)ccc43)cc21. The summed E-state index contributed by atoms with van der Waals surface area (Å²) < 4.78 is 2.45. The molecule has 0 amide bonds. The van der Waals surface area contributed by atoms with Gasteiger partial charge in [-0.25, -0.2) is 0 Å². The van der Waals surface area contributed by atoms with Crippen molar-refractivity contribution in [3.63, 3.8) is 0 Å². The highest BCUT2D eigenvalue weighted by molar-refractivity contribution is 6.10. The van der Waals surface area contributed by atoms with Gasteiger partial charge in [-0.2, -0.15) is 0 Å². The lowest BCUT2D eigenvalue weighted by molar-refractivity contribution is 0.660. The number of fused-ring (bicyclic) bond motifs is 9. The lowest BCUT2D eigenvalue weighted by Gasteiger charge is -2.22. The topological polar surface area (TPSA) is 4.93 Å². The van der Waals surface area contributed by atoms with Crippen molar-refractivity contribution < 1.29 is 0 Å². The molecule has 1 heterocycles. The van der Waals surface area contributed by atoms with Crippen molar-refractivity contribution in [2.45, 2.75) is 25.7 Å². The van der Waals surface area contributed by atoms with Crippen molar-refractivity contribution >= 4 is 21.8 Å². The van der Waals surface area contributed by atoms with Gasteiger partial charge in [-0.1, -0.05) is 105 Å². The lowest BCUT2D eigenvalue weighted by Crippen LogP contribution is -2.15. The first-order chi connectivity index (χ1) is 20.1. The Morgan fingerprint density at radius 3 is 2.10 bits per heavy atom. The average Bonchev–Trinajstić information content (AvgIpc) is 3.62. The van der Waals surface area contributed by atoms with Crippen molar-refractivity contribution in [3.05, 3.63) is 150 Å². The minimum absolute atomic E-state index is 0.0277. The highest BCUT2D eigenvalue weighted by Crippen LogP contribution is 2.49. The molecule has 0 N–H and O–H groups in total. The van der Waals surface area contributed by atoms with Crippen LogP contribution in [0.1, 0.15) is 36.1 Å². The Balaban J connectivity index is 1.22. The molecular weight excluding hydrogens is 494 g/mol. The van der Waals surface area contributed by atoms with Crippen LogP contribution in [-0.4, -0.2) is 4.57 Å². The molecule has 9 rings (SSSR count). The van der Waals surface area contributed by atoms with Crippen LogP contribution in [0.2, 0.25) is 0 Å². The van der Waals surface area contributed by atoms with Gasteiger partial charge in [0.1, 0.15) is 0 Å². The summed E-state index contributed by atoms with van der Waals surface area (Å²) in [5.41, 5.74) is 17.4. The molecular formula is C40H29N. The number of hydrogen-bond acceptors (Lipinski definition) is 0. The van der Waals surface area contributed by atoms with Crippen LogP contribution in [0.5, 0.6) is 0 Å². The lowest BCUT2D eigenvalue weighted by atomic mass is 9.82. The second kappa shape index (κ2) is 8.08. The molecule has 2 aliphatic rings. The monoisotopic (exact) mass is 523 g/mol. The van der Waals surface area contributed by atoms with Crippen LogP contribution in [0.25, 0.3) is 60.9 Å². The van der Waals surface area contributed by atoms with Crippen molar-refractivity contribution in [2.75, 3.05) is 0 Å². The third-order valence-corrected chi connectivity index (χ3v) is 9.63. The van der Waals surface area contributed by atoms with E-state index < -0.39 is 0 Å². The highest BCUT2D eigenvalue weighted by Gasteiger charge is 2.35. The molecule has 0 radical (unpaired) electrons. The molecule has 194 valence electrons. The normalized spacial score (nSPS) is 14.2. The number of para-hydroxylation sites is 1. The zero-order valence-electron chi connectivity index (χ0n) is 23.3. The molecule has 0 fully saturated rings. The quantitative estimate of drug-likeness (QED) is 0.212. The Morgan fingerprint density at radius 1 is 0.488 bits per heavy atom. The predicted molar refractivity (Wildman–Crippen MR) is 172 cm³/mol. The van der Waals surface area contributed by atoms with Crippen molar-refractivity contribution in [1.29, 1.82) is 0 Å². The molecule has 0 saturated heterocycles. The van der Waals surface area contributed by atoms with Gasteiger partial charge in [-0.15, -0.1) is 0 Å². The maximum absolute atomic E-state index is 2.45. The maximum Gasteiger partial charge on any atom is 0.0541 e. The number of hydrogen-bond donors (Lipinski definition) is 0. The summed E-state index contributed by atoms with van der Waals surface area (Å²) in [4.78, 5) is 0. The van der Waals surface area contributed by atoms with Gasteiger partial charge in [0, 0.05) is 21.9 Å². The summed E-state index contributed by atoms with van der Waals surface area (Å²) in [6.07, 6.45) is 1.03. The number of aromatic nitrogens is 1. The molecule has 1 aromatic heterocycles. The largest absolute Gasteiger partial charge is 0.309 e. The first-order valence-corrected chi connectivity index (χ1v) is 14.6. The van der Waals surface area contributed by atoms with E-state index in [4.69, 9.17) is 0 Å². The first kappa shape index (κ1) is 22.9. The second-order valence-corrected chi connectivity index (χ2v) is 12.2. The van der Waals surface area contributed by atoms with Gasteiger partial charge in [0.25, 0.3) is 0 Å². The fraction of sp³-hybridized carbons (Fsp3) is 0.100. The summed E-state index contributed by atoms with van der Waals surface area (Å²) in [6.45, 7) is 4.71. The van der Waals surface area contributed by atoms with E-state index in [0.717, 1.165) is 6.42 Å². The predicted octanol–water partition coefficient (Wildman–Crippen LogP) is 10.3. The smallest absolute Gasteiger partial charge is 0.0541 e. The van der Waals surface area contributed by atoms with E-state index in [1.807, 2.05) is 0 Å². The molecule has 0 saturated carbocycles. The number of rotatable bonds is 2. The van der Waals surface area contributed by atoms with Gasteiger partial charge in [0.05, 0.1) is 11.0 Å². The van der Waals surface area contributed by atoms with E-state index in [1.165, 1.54) is 83.1 Å². The Kier molecular flexibility index (Phi) is 4.51. The second-order valence-electron chi connectivity index (χ2n) is 12.2. The molecule has 7 aromatic rings. The fourth-order valence-corrected chi connectivity index (χ4v) is 7.57. The number of benzene rings is 6. The molecule has 41 heavy (non-hydrogen) atoms. The molecule has 6 aromatic carbocycles. The number of nitrogens with zero attached hydrogens (tertiary/aromatic N) is 1. The van der Waals surface area contributed by atoms with Crippen LogP contribution in [0, 0.1) is 0 Å². The Labute approximate surface area is 240 Å². The van der Waals surface area contributed by atoms with Gasteiger partial charge >= 0.3 is 0 Å². The van der Waals surface area contributed by atoms with Crippen LogP contribution in [0.15, 0.2) is 127 Å². The molecule has 2 aliphatic carbocycles. The molecule has 0 spiro atoms. The molecule has 0 bridgehead atoms. The minimum atomic E-state index is -0.0277. The van der Waals surface area contributed by atoms with Gasteiger partial charge in [-0.3, -0.25) is 0 Å². The van der Waals surface area contributed by atoms with Crippen LogP contribution in [-0.2, 0) is 11.8 Å². The van der Waals surface area contributed by atoms with E-state index in [-0.39, 0.29) is 5.41 Å². The summed E-state index contributed by atoms with van der Waals surface area (Å²) in [7, 11) is 0. The Bertz CT molecular complexity index is 2210. The summed E-state index contributed by atoms with van der Waals surface area (Å²) in [5.74, 6) is 0. The van der Waals surface area contributed by atoms with E-state index >= 15 is 0 Å². The zero-order valence-corrected chi connectivity index (χ0v) is 23.3. The van der Waals surface area contributed by atoms with Gasteiger partial charge in [-0.05, 0) is 98.5 Å². The van der Waals surface area contributed by atoms with Crippen molar-refractivity contribution in [3.8, 4) is 39.1 Å². The maximum atomic E-state index is 2.45. The Morgan fingerprint density at radius 2 is 1.17 bits per heavy atom. The molecule has 0 aliphatic heterocycles. The van der Waals surface area contributed by atoms with Crippen molar-refractivity contribution in [2.24, 2.45) is 0 Å². The fourth-order valence-electron chi connectivity index (χ4n) is 7.57. The van der Waals surface area contributed by atoms with Crippen molar-refractivity contribution in [1.82, 2.24) is 4.57 Å². The third-order valence-electron chi connectivity index (χ3n) is 9.63. The first-order valence-electron chi connectivity index (χ1n) is 14.6. The van der Waals surface area contributed by atoms with E-state index in [2.05, 4.69) is 146 Å². The zero-order chi connectivity index (χ0) is 27.3. The van der Waals surface area contributed by atoms with Gasteiger partial charge < -0.3 is 4.57 Å². The van der Waals surface area contributed by atoms with Crippen LogP contribution < -0.4 is 0 Å². The minimum Gasteiger partial charge on any atom is -0.309 e. The molecule has 1 nitrogen and oxygen atoms in total. The van der Waals surface area contributed by atoms with Crippen LogP contribution >= 0.6 is 0 Å². The standard InChI is InChI=1S/C40H29N/c1-40(2)36-13-7-5-11-31(36)32-19-18-29(24-37(32)40)41-38-14-8-6-12-33(38)35-23-26(17-20-39(35)41)25-15-16-28-21-27-9-3-4-10-30(27)34(28)22-25/h3-20,22-24H,21H2,1-2H3. The third kappa shape index (κ3) is 3.12. The highest BCUT2D eigenvalue weighted by atomic mass is 15.0. The van der Waals surface area contributed by atoms with Crippen LogP contribution in [0.3, 0.4) is 0 Å². The molecule has 1 heteroatoms. The van der Waals surface area contributed by atoms with E-state index in [9.17, 15) is 0 Å². The van der Waals surface area contributed by atoms with Gasteiger partial charge in [0.15, 0.2) is 0 Å². The van der Waals surface area contributed by atoms with E-state index in [0.29, 0.717) is 0 Å². The average molecular weight is 524 g/mol. The Hall–Kier alpha value is -4.88. The molecule has 0 unspecified atom stereocenters. The summed E-state index contributed by atoms with van der Waals surface area (Å²) in [6, 6.07) is 47.6. The van der Waals surface area contributed by atoms with Crippen LogP contribution in [0.4, 0.5) is 0 Å².